The fourth-order valence-electron chi connectivity index (χ4n) is 3.29. The summed E-state index contributed by atoms with van der Waals surface area (Å²) in [7, 11) is 0. The standard InChI is InChI=1S/C16H22N4O2/c17-7-13-1-2-16(18-8-13)20-10-14(15(11-20)12-21)9-19-3-5-22-6-4-19/h1-2,8,14-15,21H,3-6,9-12H2/t14-,15-/m1/s1. The Kier molecular flexibility index (Phi) is 4.88. The van der Waals surface area contributed by atoms with Crippen molar-refractivity contribution < 1.29 is 9.84 Å². The first-order valence-electron chi connectivity index (χ1n) is 7.82. The highest BCUT2D eigenvalue weighted by Gasteiger charge is 2.34. The quantitative estimate of drug-likeness (QED) is 0.864. The number of aliphatic hydroxyl groups is 1. The summed E-state index contributed by atoms with van der Waals surface area (Å²) in [5.74, 6) is 1.61. The number of anilines is 1. The van der Waals surface area contributed by atoms with Gasteiger partial charge in [-0.25, -0.2) is 4.98 Å². The van der Waals surface area contributed by atoms with Crippen molar-refractivity contribution in [1.82, 2.24) is 9.88 Å². The maximum Gasteiger partial charge on any atom is 0.128 e. The molecule has 6 heteroatoms. The van der Waals surface area contributed by atoms with Crippen LogP contribution in [-0.4, -0.2) is 67.5 Å². The summed E-state index contributed by atoms with van der Waals surface area (Å²) in [6, 6.07) is 5.78. The first kappa shape index (κ1) is 15.2. The molecule has 3 heterocycles. The molecule has 0 unspecified atom stereocenters. The largest absolute Gasteiger partial charge is 0.396 e. The lowest BCUT2D eigenvalue weighted by Crippen LogP contribution is -2.41. The fraction of sp³-hybridized carbons (Fsp3) is 0.625. The third-order valence-electron chi connectivity index (χ3n) is 4.61. The minimum Gasteiger partial charge on any atom is -0.396 e. The van der Waals surface area contributed by atoms with Crippen LogP contribution in [0.4, 0.5) is 5.82 Å². The van der Waals surface area contributed by atoms with Crippen LogP contribution in [-0.2, 0) is 4.74 Å². The van der Waals surface area contributed by atoms with Crippen molar-refractivity contribution >= 4 is 5.82 Å². The summed E-state index contributed by atoms with van der Waals surface area (Å²) >= 11 is 0. The van der Waals surface area contributed by atoms with Gasteiger partial charge in [-0.2, -0.15) is 5.26 Å². The normalized spacial score (nSPS) is 26.1. The van der Waals surface area contributed by atoms with Gasteiger partial charge in [-0.15, -0.1) is 0 Å². The van der Waals surface area contributed by atoms with Crippen LogP contribution in [0.1, 0.15) is 5.56 Å². The minimum absolute atomic E-state index is 0.210. The summed E-state index contributed by atoms with van der Waals surface area (Å²) in [4.78, 5) is 9.01. The van der Waals surface area contributed by atoms with Gasteiger partial charge >= 0.3 is 0 Å². The minimum atomic E-state index is 0.210. The van der Waals surface area contributed by atoms with Crippen molar-refractivity contribution in [1.29, 1.82) is 5.26 Å². The predicted octanol–water partition coefficient (Wildman–Crippen LogP) is 0.330. The average Bonchev–Trinajstić information content (AvgIpc) is 2.99. The van der Waals surface area contributed by atoms with Crippen LogP contribution in [0.3, 0.4) is 0 Å². The van der Waals surface area contributed by atoms with Crippen molar-refractivity contribution in [2.24, 2.45) is 11.8 Å². The number of nitrogens with zero attached hydrogens (tertiary/aromatic N) is 4. The molecule has 2 atom stereocenters. The number of morpholine rings is 1. The lowest BCUT2D eigenvalue weighted by molar-refractivity contribution is 0.0268. The monoisotopic (exact) mass is 302 g/mol. The van der Waals surface area contributed by atoms with Gasteiger partial charge in [0.05, 0.1) is 18.8 Å². The molecule has 1 N–H and O–H groups in total. The molecule has 0 amide bonds. The Balaban J connectivity index is 1.64. The number of nitriles is 1. The molecule has 0 radical (unpaired) electrons. The zero-order chi connectivity index (χ0) is 15.4. The number of aromatic nitrogens is 1. The second-order valence-corrected chi connectivity index (χ2v) is 6.04. The molecule has 0 spiro atoms. The maximum atomic E-state index is 9.68. The Morgan fingerprint density at radius 1 is 1.27 bits per heavy atom. The van der Waals surface area contributed by atoms with Crippen LogP contribution in [0.5, 0.6) is 0 Å². The number of aliphatic hydroxyl groups excluding tert-OH is 1. The van der Waals surface area contributed by atoms with Gasteiger partial charge in [-0.1, -0.05) is 0 Å². The van der Waals surface area contributed by atoms with Crippen molar-refractivity contribution in [3.8, 4) is 6.07 Å². The van der Waals surface area contributed by atoms with Crippen LogP contribution in [0.2, 0.25) is 0 Å². The molecular formula is C16H22N4O2. The van der Waals surface area contributed by atoms with E-state index in [-0.39, 0.29) is 12.5 Å². The Hall–Kier alpha value is -1.68. The molecule has 0 bridgehead atoms. The number of hydrogen-bond donors (Lipinski definition) is 1. The van der Waals surface area contributed by atoms with Crippen molar-refractivity contribution in [3.05, 3.63) is 23.9 Å². The highest BCUT2D eigenvalue weighted by molar-refractivity contribution is 5.43. The van der Waals surface area contributed by atoms with Crippen LogP contribution in [0.15, 0.2) is 18.3 Å². The molecule has 0 aromatic carbocycles. The molecule has 2 fully saturated rings. The van der Waals surface area contributed by atoms with Gasteiger partial charge in [0.25, 0.3) is 0 Å². The molecule has 3 rings (SSSR count). The van der Waals surface area contributed by atoms with Crippen LogP contribution < -0.4 is 4.90 Å². The van der Waals surface area contributed by atoms with Gasteiger partial charge in [0.15, 0.2) is 0 Å². The number of rotatable bonds is 4. The second-order valence-electron chi connectivity index (χ2n) is 6.04. The summed E-state index contributed by atoms with van der Waals surface area (Å²) in [6.45, 7) is 6.50. The topological polar surface area (TPSA) is 72.6 Å². The van der Waals surface area contributed by atoms with E-state index in [0.717, 1.165) is 51.8 Å². The van der Waals surface area contributed by atoms with E-state index in [1.165, 1.54) is 0 Å². The van der Waals surface area contributed by atoms with Crippen LogP contribution in [0, 0.1) is 23.2 Å². The van der Waals surface area contributed by atoms with Gasteiger partial charge in [-0.3, -0.25) is 4.90 Å². The second kappa shape index (κ2) is 7.05. The van der Waals surface area contributed by atoms with Crippen molar-refractivity contribution in [2.75, 3.05) is 57.4 Å². The van der Waals surface area contributed by atoms with Gasteiger partial charge in [0.1, 0.15) is 11.9 Å². The van der Waals surface area contributed by atoms with Crippen molar-refractivity contribution in [2.45, 2.75) is 0 Å². The highest BCUT2D eigenvalue weighted by atomic mass is 16.5. The predicted molar refractivity (Wildman–Crippen MR) is 82.5 cm³/mol. The first-order valence-corrected chi connectivity index (χ1v) is 7.82. The zero-order valence-corrected chi connectivity index (χ0v) is 12.7. The molecule has 22 heavy (non-hydrogen) atoms. The van der Waals surface area contributed by atoms with Gasteiger partial charge < -0.3 is 14.7 Å². The molecule has 0 aliphatic carbocycles. The van der Waals surface area contributed by atoms with Crippen LogP contribution in [0.25, 0.3) is 0 Å². The van der Waals surface area contributed by atoms with Crippen LogP contribution >= 0.6 is 0 Å². The van der Waals surface area contributed by atoms with Gasteiger partial charge in [-0.05, 0) is 18.1 Å². The van der Waals surface area contributed by atoms with E-state index >= 15 is 0 Å². The zero-order valence-electron chi connectivity index (χ0n) is 12.7. The molecule has 1 aromatic heterocycles. The SMILES string of the molecule is N#Cc1ccc(N2C[C@@H](CN3CCOCC3)[C@@H](CO)C2)nc1. The van der Waals surface area contributed by atoms with E-state index in [1.807, 2.05) is 6.07 Å². The summed E-state index contributed by atoms with van der Waals surface area (Å²) in [5, 5.41) is 18.5. The Bertz CT molecular complexity index is 522. The lowest BCUT2D eigenvalue weighted by Gasteiger charge is -2.30. The molecule has 6 nitrogen and oxygen atoms in total. The number of ether oxygens (including phenoxy) is 1. The van der Waals surface area contributed by atoms with Gasteiger partial charge in [0, 0.05) is 51.4 Å². The third kappa shape index (κ3) is 3.38. The summed E-state index contributed by atoms with van der Waals surface area (Å²) < 4.78 is 5.39. The van der Waals surface area contributed by atoms with E-state index in [2.05, 4.69) is 20.9 Å². The highest BCUT2D eigenvalue weighted by Crippen LogP contribution is 2.28. The summed E-state index contributed by atoms with van der Waals surface area (Å²) in [5.41, 5.74) is 0.575. The maximum absolute atomic E-state index is 9.68. The van der Waals surface area contributed by atoms with E-state index in [0.29, 0.717) is 11.5 Å². The number of hydrogen-bond acceptors (Lipinski definition) is 6. The Morgan fingerprint density at radius 2 is 2.05 bits per heavy atom. The van der Waals surface area contributed by atoms with E-state index < -0.39 is 0 Å². The molecular weight excluding hydrogens is 280 g/mol. The third-order valence-corrected chi connectivity index (χ3v) is 4.61. The van der Waals surface area contributed by atoms with E-state index in [1.54, 1.807) is 12.3 Å². The molecule has 0 saturated carbocycles. The molecule has 2 aliphatic rings. The Labute approximate surface area is 130 Å². The molecule has 2 aliphatic heterocycles. The molecule has 118 valence electrons. The van der Waals surface area contributed by atoms with Gasteiger partial charge in [0.2, 0.25) is 0 Å². The van der Waals surface area contributed by atoms with E-state index in [4.69, 9.17) is 10.00 Å². The van der Waals surface area contributed by atoms with Crippen molar-refractivity contribution in [3.63, 3.8) is 0 Å². The van der Waals surface area contributed by atoms with E-state index in [9.17, 15) is 5.11 Å². The molecule has 1 aromatic rings. The Morgan fingerprint density at radius 3 is 2.68 bits per heavy atom. The average molecular weight is 302 g/mol. The molecule has 2 saturated heterocycles. The smallest absolute Gasteiger partial charge is 0.128 e. The lowest BCUT2D eigenvalue weighted by atomic mass is 9.96. The number of pyridine rings is 1. The first-order chi connectivity index (χ1) is 10.8. The summed E-state index contributed by atoms with van der Waals surface area (Å²) in [6.07, 6.45) is 1.61. The fourth-order valence-corrected chi connectivity index (χ4v) is 3.29.